The molecule has 92 valence electrons. The van der Waals surface area contributed by atoms with E-state index in [-0.39, 0.29) is 11.6 Å². The van der Waals surface area contributed by atoms with Crippen molar-refractivity contribution in [3.8, 4) is 0 Å². The van der Waals surface area contributed by atoms with Crippen molar-refractivity contribution in [1.82, 2.24) is 0 Å². The van der Waals surface area contributed by atoms with Crippen LogP contribution in [0.25, 0.3) is 0 Å². The lowest BCUT2D eigenvalue weighted by Crippen LogP contribution is -2.11. The Hall–Kier alpha value is -1.91. The van der Waals surface area contributed by atoms with E-state index in [1.807, 2.05) is 20.8 Å². The Morgan fingerprint density at radius 2 is 2.00 bits per heavy atom. The van der Waals surface area contributed by atoms with E-state index in [0.29, 0.717) is 18.2 Å². The number of nitro groups is 1. The molecule has 0 amide bonds. The third kappa shape index (κ3) is 3.86. The molecule has 0 unspecified atom stereocenters. The Kier molecular flexibility index (Phi) is 4.63. The fraction of sp³-hybridized carbons (Fsp3) is 0.417. The first-order valence-corrected chi connectivity index (χ1v) is 5.50. The van der Waals surface area contributed by atoms with Crippen LogP contribution in [0.4, 0.5) is 11.4 Å². The summed E-state index contributed by atoms with van der Waals surface area (Å²) in [6.45, 7) is 6.43. The van der Waals surface area contributed by atoms with Gasteiger partial charge in [-0.2, -0.15) is 0 Å². The molecule has 5 heteroatoms. The monoisotopic (exact) mass is 236 g/mol. The molecule has 0 aliphatic rings. The molecule has 5 nitrogen and oxygen atoms in total. The molecule has 0 aliphatic carbocycles. The summed E-state index contributed by atoms with van der Waals surface area (Å²) >= 11 is 0. The molecule has 0 bridgehead atoms. The van der Waals surface area contributed by atoms with Gasteiger partial charge in [-0.05, 0) is 19.1 Å². The van der Waals surface area contributed by atoms with E-state index in [9.17, 15) is 10.1 Å². The van der Waals surface area contributed by atoms with E-state index in [1.54, 1.807) is 12.1 Å². The maximum Gasteiger partial charge on any atom is 0.269 e. The highest BCUT2D eigenvalue weighted by molar-refractivity contribution is 5.81. The van der Waals surface area contributed by atoms with Crippen LogP contribution < -0.4 is 0 Å². The zero-order valence-electron chi connectivity index (χ0n) is 10.2. The standard InChI is InChI=1S/C12H16N2O3/c1-4-17-12(9(2)3)13-10-5-7-11(8-6-10)14(15)16/h5-9H,4H2,1-3H3/b13-12-. The number of benzene rings is 1. The van der Waals surface area contributed by atoms with Gasteiger partial charge in [0.1, 0.15) is 0 Å². The predicted molar refractivity (Wildman–Crippen MR) is 66.7 cm³/mol. The SMILES string of the molecule is CCO/C(=N\c1ccc([N+](=O)[O-])cc1)C(C)C. The lowest BCUT2D eigenvalue weighted by atomic mass is 10.2. The van der Waals surface area contributed by atoms with Gasteiger partial charge in [-0.3, -0.25) is 10.1 Å². The van der Waals surface area contributed by atoms with Crippen molar-refractivity contribution < 1.29 is 9.66 Å². The Morgan fingerprint density at radius 3 is 2.41 bits per heavy atom. The molecular weight excluding hydrogens is 220 g/mol. The molecule has 1 rings (SSSR count). The summed E-state index contributed by atoms with van der Waals surface area (Å²) in [5.74, 6) is 0.825. The van der Waals surface area contributed by atoms with Crippen LogP contribution in [0.15, 0.2) is 29.3 Å². The summed E-state index contributed by atoms with van der Waals surface area (Å²) in [5, 5.41) is 10.5. The Morgan fingerprint density at radius 1 is 1.41 bits per heavy atom. The van der Waals surface area contributed by atoms with Crippen LogP contribution in [-0.2, 0) is 4.74 Å². The van der Waals surface area contributed by atoms with Crippen molar-refractivity contribution >= 4 is 17.3 Å². The summed E-state index contributed by atoms with van der Waals surface area (Å²) in [7, 11) is 0. The lowest BCUT2D eigenvalue weighted by molar-refractivity contribution is -0.384. The van der Waals surface area contributed by atoms with Gasteiger partial charge in [-0.25, -0.2) is 4.99 Å². The second-order valence-electron chi connectivity index (χ2n) is 3.81. The number of ether oxygens (including phenoxy) is 1. The number of non-ortho nitro benzene ring substituents is 1. The maximum atomic E-state index is 10.5. The van der Waals surface area contributed by atoms with Crippen molar-refractivity contribution in [3.63, 3.8) is 0 Å². The maximum absolute atomic E-state index is 10.5. The molecule has 17 heavy (non-hydrogen) atoms. The van der Waals surface area contributed by atoms with Crippen LogP contribution in [0.2, 0.25) is 0 Å². The molecule has 0 saturated heterocycles. The highest BCUT2D eigenvalue weighted by atomic mass is 16.6. The largest absolute Gasteiger partial charge is 0.481 e. The van der Waals surface area contributed by atoms with Crippen LogP contribution in [0.5, 0.6) is 0 Å². The Balaban J connectivity index is 2.92. The summed E-state index contributed by atoms with van der Waals surface area (Å²) in [6, 6.07) is 6.09. The molecular formula is C12H16N2O3. The van der Waals surface area contributed by atoms with Crippen molar-refractivity contribution in [2.24, 2.45) is 10.9 Å². The van der Waals surface area contributed by atoms with E-state index in [0.717, 1.165) is 0 Å². The fourth-order valence-corrected chi connectivity index (χ4v) is 1.25. The smallest absolute Gasteiger partial charge is 0.269 e. The Bertz CT molecular complexity index is 410. The third-order valence-corrected chi connectivity index (χ3v) is 2.09. The highest BCUT2D eigenvalue weighted by Gasteiger charge is 2.07. The van der Waals surface area contributed by atoms with Gasteiger partial charge in [0.05, 0.1) is 17.2 Å². The normalized spacial score (nSPS) is 11.6. The van der Waals surface area contributed by atoms with Crippen molar-refractivity contribution in [2.75, 3.05) is 6.61 Å². The van der Waals surface area contributed by atoms with Gasteiger partial charge >= 0.3 is 0 Å². The summed E-state index contributed by atoms with van der Waals surface area (Å²) in [6.07, 6.45) is 0. The first-order chi connectivity index (χ1) is 8.04. The molecule has 0 atom stereocenters. The fourth-order valence-electron chi connectivity index (χ4n) is 1.25. The number of nitro benzene ring substituents is 1. The van der Waals surface area contributed by atoms with Crippen molar-refractivity contribution in [1.29, 1.82) is 0 Å². The van der Waals surface area contributed by atoms with Crippen LogP contribution in [0, 0.1) is 16.0 Å². The first-order valence-electron chi connectivity index (χ1n) is 5.50. The number of rotatable bonds is 4. The minimum absolute atomic E-state index is 0.0615. The summed E-state index contributed by atoms with van der Waals surface area (Å²) in [4.78, 5) is 14.4. The first kappa shape index (κ1) is 13.2. The highest BCUT2D eigenvalue weighted by Crippen LogP contribution is 2.19. The van der Waals surface area contributed by atoms with Gasteiger partial charge in [-0.15, -0.1) is 0 Å². The number of hydrogen-bond donors (Lipinski definition) is 0. The van der Waals surface area contributed by atoms with E-state index < -0.39 is 4.92 Å². The molecule has 0 fully saturated rings. The van der Waals surface area contributed by atoms with Gasteiger partial charge in [0, 0.05) is 18.1 Å². The van der Waals surface area contributed by atoms with Crippen LogP contribution in [-0.4, -0.2) is 17.4 Å². The predicted octanol–water partition coefficient (Wildman–Crippen LogP) is 3.32. The minimum Gasteiger partial charge on any atom is -0.481 e. The average Bonchev–Trinajstić information content (AvgIpc) is 2.29. The molecule has 0 saturated carbocycles. The number of hydrogen-bond acceptors (Lipinski definition) is 4. The lowest BCUT2D eigenvalue weighted by Gasteiger charge is -2.10. The van der Waals surface area contributed by atoms with E-state index in [1.165, 1.54) is 12.1 Å². The summed E-state index contributed by atoms with van der Waals surface area (Å²) < 4.78 is 5.40. The van der Waals surface area contributed by atoms with Gasteiger partial charge in [0.15, 0.2) is 5.90 Å². The summed E-state index contributed by atoms with van der Waals surface area (Å²) in [5.41, 5.74) is 0.721. The average molecular weight is 236 g/mol. The minimum atomic E-state index is -0.431. The molecule has 0 aliphatic heterocycles. The quantitative estimate of drug-likeness (QED) is 0.348. The van der Waals surface area contributed by atoms with Gasteiger partial charge in [0.2, 0.25) is 0 Å². The number of aliphatic imine (C=N–C) groups is 1. The second-order valence-corrected chi connectivity index (χ2v) is 3.81. The molecule has 1 aromatic carbocycles. The van der Waals surface area contributed by atoms with E-state index in [2.05, 4.69) is 4.99 Å². The van der Waals surface area contributed by atoms with Crippen LogP contribution >= 0.6 is 0 Å². The number of nitrogens with zero attached hydrogens (tertiary/aromatic N) is 2. The topological polar surface area (TPSA) is 64.7 Å². The van der Waals surface area contributed by atoms with E-state index >= 15 is 0 Å². The van der Waals surface area contributed by atoms with Gasteiger partial charge < -0.3 is 4.74 Å². The van der Waals surface area contributed by atoms with Crippen molar-refractivity contribution in [2.45, 2.75) is 20.8 Å². The second kappa shape index (κ2) is 5.98. The molecule has 0 N–H and O–H groups in total. The molecule has 0 heterocycles. The molecule has 0 radical (unpaired) electrons. The molecule has 1 aromatic rings. The van der Waals surface area contributed by atoms with Crippen LogP contribution in [0.3, 0.4) is 0 Å². The van der Waals surface area contributed by atoms with Crippen molar-refractivity contribution in [3.05, 3.63) is 34.4 Å². The van der Waals surface area contributed by atoms with Gasteiger partial charge in [0.25, 0.3) is 5.69 Å². The Labute approximate surface area is 100 Å². The zero-order chi connectivity index (χ0) is 12.8. The van der Waals surface area contributed by atoms with Crippen LogP contribution in [0.1, 0.15) is 20.8 Å². The van der Waals surface area contributed by atoms with E-state index in [4.69, 9.17) is 4.74 Å². The molecule has 0 spiro atoms. The third-order valence-electron chi connectivity index (χ3n) is 2.09. The molecule has 0 aromatic heterocycles. The zero-order valence-corrected chi connectivity index (χ0v) is 10.2. The van der Waals surface area contributed by atoms with Gasteiger partial charge in [-0.1, -0.05) is 13.8 Å².